The van der Waals surface area contributed by atoms with Crippen molar-refractivity contribution in [2.24, 2.45) is 11.8 Å². The minimum absolute atomic E-state index is 0.141. The average Bonchev–Trinajstić information content (AvgIpc) is 2.59. The molecule has 1 aliphatic rings. The van der Waals surface area contributed by atoms with Gasteiger partial charge < -0.3 is 15.7 Å². The highest BCUT2D eigenvalue weighted by Gasteiger charge is 2.58. The lowest BCUT2D eigenvalue weighted by molar-refractivity contribution is -0.203. The van der Waals surface area contributed by atoms with E-state index < -0.39 is 23.7 Å². The molecule has 4 unspecified atom stereocenters. The van der Waals surface area contributed by atoms with Crippen molar-refractivity contribution in [2.75, 3.05) is 0 Å². The molecule has 1 saturated carbocycles. The average molecular weight is 296 g/mol. The molecular weight excluding hydrogens is 277 g/mol. The molecule has 1 aliphatic carbocycles. The standard InChI is InChI=1S/C12H19F3N2O3/c1-6-4-5-8(7(6)2)16-10(20)17-11(3,9(18)19)12(13,14)15/h6-8H,4-5H2,1-3H3,(H,18,19)(H2,16,17,20). The van der Waals surface area contributed by atoms with Crippen LogP contribution in [0.5, 0.6) is 0 Å². The lowest BCUT2D eigenvalue weighted by Gasteiger charge is -2.30. The number of hydrogen-bond acceptors (Lipinski definition) is 2. The zero-order chi connectivity index (χ0) is 15.7. The number of alkyl halides is 3. The first-order valence-corrected chi connectivity index (χ1v) is 6.38. The van der Waals surface area contributed by atoms with Crippen molar-refractivity contribution in [2.45, 2.75) is 51.4 Å². The van der Waals surface area contributed by atoms with Crippen LogP contribution in [-0.2, 0) is 4.79 Å². The van der Waals surface area contributed by atoms with Gasteiger partial charge in [-0.05, 0) is 31.6 Å². The normalized spacial score (nSPS) is 29.6. The third-order valence-electron chi connectivity index (χ3n) is 4.14. The minimum Gasteiger partial charge on any atom is -0.479 e. The lowest BCUT2D eigenvalue weighted by atomic mass is 9.98. The van der Waals surface area contributed by atoms with Crippen LogP contribution < -0.4 is 10.6 Å². The molecule has 1 rings (SSSR count). The number of carbonyl (C=O) groups is 2. The number of hydrogen-bond donors (Lipinski definition) is 3. The van der Waals surface area contributed by atoms with Gasteiger partial charge in [0.25, 0.3) is 0 Å². The molecule has 0 aromatic carbocycles. The molecular formula is C12H19F3N2O3. The van der Waals surface area contributed by atoms with E-state index in [4.69, 9.17) is 5.11 Å². The Balaban J connectivity index is 2.72. The Morgan fingerprint density at radius 2 is 1.75 bits per heavy atom. The van der Waals surface area contributed by atoms with E-state index in [-0.39, 0.29) is 12.0 Å². The number of rotatable bonds is 3. The number of carboxylic acids is 1. The first kappa shape index (κ1) is 16.6. The number of halogens is 3. The van der Waals surface area contributed by atoms with Crippen LogP contribution in [0.3, 0.4) is 0 Å². The zero-order valence-electron chi connectivity index (χ0n) is 11.5. The molecule has 0 spiro atoms. The third kappa shape index (κ3) is 3.16. The van der Waals surface area contributed by atoms with Crippen LogP contribution in [0.2, 0.25) is 0 Å². The minimum atomic E-state index is -5.08. The van der Waals surface area contributed by atoms with Crippen LogP contribution in [0, 0.1) is 11.8 Å². The number of nitrogens with one attached hydrogen (secondary N) is 2. The second kappa shape index (κ2) is 5.49. The van der Waals surface area contributed by atoms with Gasteiger partial charge in [0.05, 0.1) is 0 Å². The number of amides is 2. The van der Waals surface area contributed by atoms with E-state index in [2.05, 4.69) is 5.32 Å². The van der Waals surface area contributed by atoms with E-state index in [1.807, 2.05) is 13.8 Å². The molecule has 4 atom stereocenters. The Labute approximate surface area is 114 Å². The maximum atomic E-state index is 12.7. The first-order valence-electron chi connectivity index (χ1n) is 6.38. The fourth-order valence-electron chi connectivity index (χ4n) is 2.25. The molecule has 3 N–H and O–H groups in total. The lowest BCUT2D eigenvalue weighted by Crippen LogP contribution is -2.64. The van der Waals surface area contributed by atoms with Gasteiger partial charge in [-0.25, -0.2) is 9.59 Å². The van der Waals surface area contributed by atoms with Gasteiger partial charge in [-0.3, -0.25) is 0 Å². The fourth-order valence-corrected chi connectivity index (χ4v) is 2.25. The summed E-state index contributed by atoms with van der Waals surface area (Å²) in [6.45, 7) is 4.33. The van der Waals surface area contributed by atoms with Crippen molar-refractivity contribution in [3.63, 3.8) is 0 Å². The van der Waals surface area contributed by atoms with Gasteiger partial charge in [0.15, 0.2) is 0 Å². The molecule has 0 aliphatic heterocycles. The highest BCUT2D eigenvalue weighted by molar-refractivity contribution is 5.86. The topological polar surface area (TPSA) is 78.4 Å². The van der Waals surface area contributed by atoms with Crippen molar-refractivity contribution in [3.8, 4) is 0 Å². The molecule has 2 amide bonds. The summed E-state index contributed by atoms with van der Waals surface area (Å²) in [5.41, 5.74) is -3.30. The van der Waals surface area contributed by atoms with Gasteiger partial charge in [-0.1, -0.05) is 13.8 Å². The number of carboxylic acid groups (broad SMARTS) is 1. The molecule has 0 saturated heterocycles. The van der Waals surface area contributed by atoms with Crippen molar-refractivity contribution >= 4 is 12.0 Å². The van der Waals surface area contributed by atoms with E-state index in [0.29, 0.717) is 19.3 Å². The molecule has 0 aromatic heterocycles. The van der Waals surface area contributed by atoms with Gasteiger partial charge in [0.1, 0.15) is 0 Å². The number of aliphatic carboxylic acids is 1. The summed E-state index contributed by atoms with van der Waals surface area (Å²) >= 11 is 0. The summed E-state index contributed by atoms with van der Waals surface area (Å²) in [4.78, 5) is 22.4. The predicted octanol–water partition coefficient (Wildman–Crippen LogP) is 2.13. The Hall–Kier alpha value is -1.47. The molecule has 20 heavy (non-hydrogen) atoms. The summed E-state index contributed by atoms with van der Waals surface area (Å²) in [7, 11) is 0. The molecule has 0 bridgehead atoms. The smallest absolute Gasteiger partial charge is 0.422 e. The Morgan fingerprint density at radius 1 is 1.20 bits per heavy atom. The summed E-state index contributed by atoms with van der Waals surface area (Å²) in [5, 5.41) is 12.7. The third-order valence-corrected chi connectivity index (χ3v) is 4.14. The van der Waals surface area contributed by atoms with Crippen LogP contribution in [0.1, 0.15) is 33.6 Å². The molecule has 0 aromatic rings. The monoisotopic (exact) mass is 296 g/mol. The van der Waals surface area contributed by atoms with E-state index in [1.54, 1.807) is 0 Å². The van der Waals surface area contributed by atoms with Crippen LogP contribution in [-0.4, -0.2) is 34.9 Å². The summed E-state index contributed by atoms with van der Waals surface area (Å²) in [6.07, 6.45) is -3.53. The summed E-state index contributed by atoms with van der Waals surface area (Å²) in [6, 6.07) is -1.35. The zero-order valence-corrected chi connectivity index (χ0v) is 11.5. The van der Waals surface area contributed by atoms with Crippen molar-refractivity contribution in [1.29, 1.82) is 0 Å². The number of urea groups is 1. The van der Waals surface area contributed by atoms with E-state index in [0.717, 1.165) is 6.42 Å². The maximum absolute atomic E-state index is 12.7. The Bertz CT molecular complexity index is 400. The van der Waals surface area contributed by atoms with E-state index in [9.17, 15) is 22.8 Å². The first-order chi connectivity index (χ1) is 8.99. The van der Waals surface area contributed by atoms with Crippen LogP contribution in [0.25, 0.3) is 0 Å². The van der Waals surface area contributed by atoms with E-state index >= 15 is 0 Å². The molecule has 8 heteroatoms. The van der Waals surface area contributed by atoms with Crippen molar-refractivity contribution < 1.29 is 27.9 Å². The number of carbonyl (C=O) groups excluding carboxylic acids is 1. The second-order valence-electron chi connectivity index (χ2n) is 5.55. The van der Waals surface area contributed by atoms with Crippen LogP contribution in [0.4, 0.5) is 18.0 Å². The fraction of sp³-hybridized carbons (Fsp3) is 0.833. The quantitative estimate of drug-likeness (QED) is 0.746. The SMILES string of the molecule is CC1CCC(NC(=O)NC(C)(C(=O)O)C(F)(F)F)C1C. The summed E-state index contributed by atoms with van der Waals surface area (Å²) < 4.78 is 38.2. The van der Waals surface area contributed by atoms with Crippen LogP contribution >= 0.6 is 0 Å². The molecule has 116 valence electrons. The maximum Gasteiger partial charge on any atom is 0.422 e. The second-order valence-corrected chi connectivity index (χ2v) is 5.55. The largest absolute Gasteiger partial charge is 0.479 e. The van der Waals surface area contributed by atoms with Crippen LogP contribution in [0.15, 0.2) is 0 Å². The van der Waals surface area contributed by atoms with Gasteiger partial charge in [0, 0.05) is 6.04 Å². The van der Waals surface area contributed by atoms with E-state index in [1.165, 1.54) is 5.32 Å². The van der Waals surface area contributed by atoms with Crippen molar-refractivity contribution in [1.82, 2.24) is 10.6 Å². The predicted molar refractivity (Wildman–Crippen MR) is 65.1 cm³/mol. The van der Waals surface area contributed by atoms with Gasteiger partial charge in [-0.2, -0.15) is 13.2 Å². The molecule has 5 nitrogen and oxygen atoms in total. The molecule has 0 radical (unpaired) electrons. The highest BCUT2D eigenvalue weighted by Crippen LogP contribution is 2.32. The Kier molecular flexibility index (Phi) is 4.55. The Morgan fingerprint density at radius 3 is 2.10 bits per heavy atom. The van der Waals surface area contributed by atoms with Gasteiger partial charge >= 0.3 is 18.2 Å². The van der Waals surface area contributed by atoms with Gasteiger partial charge in [-0.15, -0.1) is 0 Å². The molecule has 1 fully saturated rings. The van der Waals surface area contributed by atoms with Gasteiger partial charge in [0.2, 0.25) is 5.54 Å². The van der Waals surface area contributed by atoms with Crippen molar-refractivity contribution in [3.05, 3.63) is 0 Å². The highest BCUT2D eigenvalue weighted by atomic mass is 19.4. The molecule has 0 heterocycles. The summed E-state index contributed by atoms with van der Waals surface area (Å²) in [5.74, 6) is -1.63.